The lowest BCUT2D eigenvalue weighted by Gasteiger charge is -2.43. The summed E-state index contributed by atoms with van der Waals surface area (Å²) in [7, 11) is 0. The Morgan fingerprint density at radius 2 is 1.79 bits per heavy atom. The van der Waals surface area contributed by atoms with Crippen LogP contribution in [0, 0.1) is 11.3 Å². The highest BCUT2D eigenvalue weighted by atomic mass is 14.9. The predicted molar refractivity (Wildman–Crippen MR) is 86.6 cm³/mol. The van der Waals surface area contributed by atoms with Gasteiger partial charge in [-0.3, -0.25) is 0 Å². The first-order valence-corrected chi connectivity index (χ1v) is 8.85. The summed E-state index contributed by atoms with van der Waals surface area (Å²) in [5.74, 6) is 0.896. The van der Waals surface area contributed by atoms with Crippen molar-refractivity contribution in [2.75, 3.05) is 6.54 Å². The van der Waals surface area contributed by atoms with Crippen LogP contribution >= 0.6 is 0 Å². The van der Waals surface area contributed by atoms with E-state index in [2.05, 4.69) is 33.0 Å². The Morgan fingerprint density at radius 1 is 1.05 bits per heavy atom. The smallest absolute Gasteiger partial charge is 0.0100 e. The van der Waals surface area contributed by atoms with Gasteiger partial charge in [0.1, 0.15) is 0 Å². The quantitative estimate of drug-likeness (QED) is 0.541. The average molecular weight is 268 g/mol. The molecular weight excluding hydrogens is 230 g/mol. The van der Waals surface area contributed by atoms with E-state index in [1.54, 1.807) is 0 Å². The minimum atomic E-state index is 0.550. The lowest BCUT2D eigenvalue weighted by molar-refractivity contribution is 0.0942. The van der Waals surface area contributed by atoms with Crippen molar-refractivity contribution in [3.63, 3.8) is 0 Å². The average Bonchev–Trinajstić information content (AvgIpc) is 2.37. The molecule has 0 radical (unpaired) electrons. The molecule has 0 spiro atoms. The fourth-order valence-electron chi connectivity index (χ4n) is 3.94. The van der Waals surface area contributed by atoms with Crippen LogP contribution in [-0.2, 0) is 0 Å². The molecule has 1 aliphatic carbocycles. The Kier molecular flexibility index (Phi) is 8.06. The minimum Gasteiger partial charge on any atom is -0.314 e. The molecule has 0 aromatic rings. The van der Waals surface area contributed by atoms with Crippen molar-refractivity contribution in [1.29, 1.82) is 0 Å². The molecule has 1 fully saturated rings. The molecule has 1 heteroatoms. The van der Waals surface area contributed by atoms with Gasteiger partial charge in [-0.1, -0.05) is 72.6 Å². The van der Waals surface area contributed by atoms with Gasteiger partial charge in [0.15, 0.2) is 0 Å². The molecule has 0 heterocycles. The molecule has 1 saturated carbocycles. The van der Waals surface area contributed by atoms with Crippen molar-refractivity contribution in [3.05, 3.63) is 0 Å². The zero-order valence-corrected chi connectivity index (χ0v) is 13.9. The highest BCUT2D eigenvalue weighted by Crippen LogP contribution is 2.43. The highest BCUT2D eigenvalue weighted by Gasteiger charge is 2.36. The van der Waals surface area contributed by atoms with E-state index in [9.17, 15) is 0 Å². The van der Waals surface area contributed by atoms with Crippen molar-refractivity contribution < 1.29 is 0 Å². The monoisotopic (exact) mass is 267 g/mol. The van der Waals surface area contributed by atoms with E-state index in [0.29, 0.717) is 5.41 Å². The Balaban J connectivity index is 2.41. The zero-order valence-electron chi connectivity index (χ0n) is 13.9. The Morgan fingerprint density at radius 3 is 2.42 bits per heavy atom. The molecule has 0 aromatic heterocycles. The first-order chi connectivity index (χ1) is 9.11. The van der Waals surface area contributed by atoms with E-state index >= 15 is 0 Å². The third-order valence-electron chi connectivity index (χ3n) is 5.16. The van der Waals surface area contributed by atoms with Gasteiger partial charge in [-0.25, -0.2) is 0 Å². The predicted octanol–water partition coefficient (Wildman–Crippen LogP) is 5.54. The second-order valence-corrected chi connectivity index (χ2v) is 7.21. The summed E-state index contributed by atoms with van der Waals surface area (Å²) >= 11 is 0. The Hall–Kier alpha value is -0.0400. The first-order valence-electron chi connectivity index (χ1n) is 8.85. The summed E-state index contributed by atoms with van der Waals surface area (Å²) in [5, 5.41) is 3.80. The van der Waals surface area contributed by atoms with Crippen LogP contribution in [0.5, 0.6) is 0 Å². The second kappa shape index (κ2) is 9.00. The Bertz CT molecular complexity index is 222. The van der Waals surface area contributed by atoms with Gasteiger partial charge in [-0.05, 0) is 37.1 Å². The number of unbranched alkanes of at least 4 members (excludes halogenated alkanes) is 4. The van der Waals surface area contributed by atoms with Crippen LogP contribution in [0.1, 0.15) is 91.9 Å². The van der Waals surface area contributed by atoms with Crippen molar-refractivity contribution in [2.24, 2.45) is 11.3 Å². The summed E-state index contributed by atoms with van der Waals surface area (Å²) in [6, 6.07) is 0.766. The van der Waals surface area contributed by atoms with Crippen LogP contribution in [0.4, 0.5) is 0 Å². The van der Waals surface area contributed by atoms with Gasteiger partial charge in [0.25, 0.3) is 0 Å². The van der Waals surface area contributed by atoms with Crippen molar-refractivity contribution >= 4 is 0 Å². The van der Waals surface area contributed by atoms with Crippen LogP contribution in [0.2, 0.25) is 0 Å². The van der Waals surface area contributed by atoms with Crippen molar-refractivity contribution in [1.82, 2.24) is 5.32 Å². The number of hydrogen-bond donors (Lipinski definition) is 1. The maximum atomic E-state index is 3.80. The number of nitrogens with one attached hydrogen (secondary N) is 1. The van der Waals surface area contributed by atoms with E-state index in [4.69, 9.17) is 0 Å². The molecule has 1 rings (SSSR count). The summed E-state index contributed by atoms with van der Waals surface area (Å²) in [6.45, 7) is 10.7. The van der Waals surface area contributed by atoms with E-state index in [1.165, 1.54) is 64.2 Å². The molecule has 1 nitrogen and oxygen atoms in total. The van der Waals surface area contributed by atoms with Gasteiger partial charge in [-0.2, -0.15) is 0 Å². The summed E-state index contributed by atoms with van der Waals surface area (Å²) < 4.78 is 0. The standard InChI is InChI=1S/C18H37N/c1-5-7-8-9-10-14-17(19-6-2)16-13-11-12-15-18(16,3)4/h16-17,19H,5-15H2,1-4H3. The molecule has 0 aromatic carbocycles. The third-order valence-corrected chi connectivity index (χ3v) is 5.16. The van der Waals surface area contributed by atoms with Gasteiger partial charge in [0.2, 0.25) is 0 Å². The molecule has 0 saturated heterocycles. The van der Waals surface area contributed by atoms with E-state index in [0.717, 1.165) is 18.5 Å². The summed E-state index contributed by atoms with van der Waals surface area (Å²) in [5.41, 5.74) is 0.550. The molecule has 114 valence electrons. The number of rotatable bonds is 9. The molecule has 1 N–H and O–H groups in total. The van der Waals surface area contributed by atoms with Crippen LogP contribution in [-0.4, -0.2) is 12.6 Å². The van der Waals surface area contributed by atoms with E-state index in [1.807, 2.05) is 0 Å². The third kappa shape index (κ3) is 5.85. The maximum Gasteiger partial charge on any atom is 0.0100 e. The minimum absolute atomic E-state index is 0.550. The molecule has 0 bridgehead atoms. The fraction of sp³-hybridized carbons (Fsp3) is 1.00. The normalized spacial score (nSPS) is 24.3. The van der Waals surface area contributed by atoms with E-state index in [-0.39, 0.29) is 0 Å². The van der Waals surface area contributed by atoms with Crippen LogP contribution in [0.25, 0.3) is 0 Å². The lowest BCUT2D eigenvalue weighted by atomic mass is 9.65. The van der Waals surface area contributed by atoms with Gasteiger partial charge >= 0.3 is 0 Å². The molecule has 1 aliphatic rings. The van der Waals surface area contributed by atoms with Gasteiger partial charge in [0.05, 0.1) is 0 Å². The fourth-order valence-corrected chi connectivity index (χ4v) is 3.94. The zero-order chi connectivity index (χ0) is 14.1. The molecular formula is C18H37N. The van der Waals surface area contributed by atoms with E-state index < -0.39 is 0 Å². The van der Waals surface area contributed by atoms with Crippen LogP contribution in [0.3, 0.4) is 0 Å². The molecule has 0 aliphatic heterocycles. The lowest BCUT2D eigenvalue weighted by Crippen LogP contribution is -2.44. The first kappa shape index (κ1) is 17.0. The molecule has 2 atom stereocenters. The van der Waals surface area contributed by atoms with Crippen molar-refractivity contribution in [3.8, 4) is 0 Å². The molecule has 0 amide bonds. The Labute approximate surface area is 121 Å². The topological polar surface area (TPSA) is 12.0 Å². The van der Waals surface area contributed by atoms with Crippen LogP contribution < -0.4 is 5.32 Å². The number of hydrogen-bond acceptors (Lipinski definition) is 1. The largest absolute Gasteiger partial charge is 0.314 e. The summed E-state index contributed by atoms with van der Waals surface area (Å²) in [6.07, 6.45) is 14.2. The SMILES string of the molecule is CCCCCCCC(NCC)C1CCCCC1(C)C. The van der Waals surface area contributed by atoms with Gasteiger partial charge in [0, 0.05) is 6.04 Å². The maximum absolute atomic E-state index is 3.80. The second-order valence-electron chi connectivity index (χ2n) is 7.21. The molecule has 19 heavy (non-hydrogen) atoms. The van der Waals surface area contributed by atoms with Gasteiger partial charge < -0.3 is 5.32 Å². The summed E-state index contributed by atoms with van der Waals surface area (Å²) in [4.78, 5) is 0. The van der Waals surface area contributed by atoms with Crippen LogP contribution in [0.15, 0.2) is 0 Å². The molecule has 2 unspecified atom stereocenters. The van der Waals surface area contributed by atoms with Gasteiger partial charge in [-0.15, -0.1) is 0 Å². The highest BCUT2D eigenvalue weighted by molar-refractivity contribution is 4.90. The van der Waals surface area contributed by atoms with Crippen molar-refractivity contribution in [2.45, 2.75) is 97.9 Å².